The summed E-state index contributed by atoms with van der Waals surface area (Å²) in [5.74, 6) is 1.48. The van der Waals surface area contributed by atoms with Crippen LogP contribution >= 0.6 is 0 Å². The second-order valence-corrected chi connectivity index (χ2v) is 4.03. The number of anilines is 1. The largest absolute Gasteiger partial charge is 0.337 e. The molecule has 2 rings (SSSR count). The molecule has 1 saturated carbocycles. The summed E-state index contributed by atoms with van der Waals surface area (Å²) >= 11 is 0. The molecule has 1 aromatic heterocycles. The van der Waals surface area contributed by atoms with Crippen molar-refractivity contribution in [3.8, 4) is 0 Å². The summed E-state index contributed by atoms with van der Waals surface area (Å²) in [7, 11) is 0. The SMILES string of the molecule is Cc1noc(NCC2CCCCC2)n1. The topological polar surface area (TPSA) is 51.0 Å². The third kappa shape index (κ3) is 2.47. The highest BCUT2D eigenvalue weighted by Gasteiger charge is 2.13. The first-order valence-corrected chi connectivity index (χ1v) is 5.39. The second-order valence-electron chi connectivity index (χ2n) is 4.03. The summed E-state index contributed by atoms with van der Waals surface area (Å²) in [6.07, 6.45) is 6.81. The summed E-state index contributed by atoms with van der Waals surface area (Å²) in [5, 5.41) is 6.93. The maximum absolute atomic E-state index is 4.98. The molecule has 1 aliphatic rings. The fourth-order valence-corrected chi connectivity index (χ4v) is 1.99. The Morgan fingerprint density at radius 3 is 2.79 bits per heavy atom. The maximum Gasteiger partial charge on any atom is 0.321 e. The minimum atomic E-state index is 0.563. The molecule has 1 aliphatic carbocycles. The zero-order valence-corrected chi connectivity index (χ0v) is 8.62. The molecule has 1 fully saturated rings. The van der Waals surface area contributed by atoms with Crippen molar-refractivity contribution in [2.45, 2.75) is 39.0 Å². The molecule has 14 heavy (non-hydrogen) atoms. The Kier molecular flexibility index (Phi) is 3.01. The van der Waals surface area contributed by atoms with Gasteiger partial charge in [0.1, 0.15) is 0 Å². The van der Waals surface area contributed by atoms with Crippen molar-refractivity contribution in [3.63, 3.8) is 0 Å². The van der Waals surface area contributed by atoms with Crippen LogP contribution in [0.1, 0.15) is 37.9 Å². The van der Waals surface area contributed by atoms with Gasteiger partial charge in [0.25, 0.3) is 0 Å². The number of aryl methyl sites for hydroxylation is 1. The van der Waals surface area contributed by atoms with E-state index in [-0.39, 0.29) is 0 Å². The Bertz CT molecular complexity index is 279. The predicted octanol–water partition coefficient (Wildman–Crippen LogP) is 2.37. The van der Waals surface area contributed by atoms with Gasteiger partial charge in [-0.1, -0.05) is 24.4 Å². The average Bonchev–Trinajstić information content (AvgIpc) is 2.63. The first-order chi connectivity index (χ1) is 6.84. The Morgan fingerprint density at radius 1 is 1.36 bits per heavy atom. The van der Waals surface area contributed by atoms with E-state index < -0.39 is 0 Å². The third-order valence-electron chi connectivity index (χ3n) is 2.79. The molecule has 0 spiro atoms. The Morgan fingerprint density at radius 2 is 2.14 bits per heavy atom. The molecule has 1 N–H and O–H groups in total. The Balaban J connectivity index is 1.76. The zero-order chi connectivity index (χ0) is 9.80. The van der Waals surface area contributed by atoms with Crippen LogP contribution in [0.5, 0.6) is 0 Å². The van der Waals surface area contributed by atoms with E-state index in [9.17, 15) is 0 Å². The van der Waals surface area contributed by atoms with Crippen LogP contribution < -0.4 is 5.32 Å². The highest BCUT2D eigenvalue weighted by molar-refractivity contribution is 5.17. The van der Waals surface area contributed by atoms with Crippen molar-refractivity contribution >= 4 is 6.01 Å². The molecule has 4 nitrogen and oxygen atoms in total. The smallest absolute Gasteiger partial charge is 0.321 e. The van der Waals surface area contributed by atoms with Gasteiger partial charge in [-0.15, -0.1) is 0 Å². The Labute approximate surface area is 84.1 Å². The van der Waals surface area contributed by atoms with Crippen molar-refractivity contribution < 1.29 is 4.52 Å². The van der Waals surface area contributed by atoms with Crippen molar-refractivity contribution in [2.75, 3.05) is 11.9 Å². The van der Waals surface area contributed by atoms with E-state index in [4.69, 9.17) is 4.52 Å². The molecule has 0 amide bonds. The molecule has 0 atom stereocenters. The monoisotopic (exact) mass is 195 g/mol. The van der Waals surface area contributed by atoms with Crippen LogP contribution in [-0.4, -0.2) is 16.7 Å². The number of hydrogen-bond acceptors (Lipinski definition) is 4. The Hall–Kier alpha value is -1.06. The van der Waals surface area contributed by atoms with Gasteiger partial charge >= 0.3 is 6.01 Å². The number of nitrogens with one attached hydrogen (secondary N) is 1. The first kappa shape index (κ1) is 9.49. The lowest BCUT2D eigenvalue weighted by Gasteiger charge is -2.20. The molecule has 78 valence electrons. The highest BCUT2D eigenvalue weighted by Crippen LogP contribution is 2.23. The predicted molar refractivity (Wildman–Crippen MR) is 54.1 cm³/mol. The summed E-state index contributed by atoms with van der Waals surface area (Å²) in [6.45, 7) is 2.80. The van der Waals surface area contributed by atoms with Gasteiger partial charge in [-0.05, 0) is 25.7 Å². The van der Waals surface area contributed by atoms with Gasteiger partial charge in [0.15, 0.2) is 5.82 Å². The quantitative estimate of drug-likeness (QED) is 0.804. The normalized spacial score (nSPS) is 18.4. The summed E-state index contributed by atoms with van der Waals surface area (Å²) in [4.78, 5) is 4.11. The number of nitrogens with zero attached hydrogens (tertiary/aromatic N) is 2. The lowest BCUT2D eigenvalue weighted by Crippen LogP contribution is -2.17. The van der Waals surface area contributed by atoms with Gasteiger partial charge in [0, 0.05) is 6.54 Å². The van der Waals surface area contributed by atoms with Gasteiger partial charge < -0.3 is 9.84 Å². The van der Waals surface area contributed by atoms with E-state index in [0.717, 1.165) is 12.5 Å². The fourth-order valence-electron chi connectivity index (χ4n) is 1.99. The summed E-state index contributed by atoms with van der Waals surface area (Å²) in [6, 6.07) is 0.563. The van der Waals surface area contributed by atoms with Crippen LogP contribution in [0.3, 0.4) is 0 Å². The third-order valence-corrected chi connectivity index (χ3v) is 2.79. The minimum absolute atomic E-state index is 0.563. The van der Waals surface area contributed by atoms with Crippen LogP contribution in [0, 0.1) is 12.8 Å². The molecule has 1 aromatic rings. The zero-order valence-electron chi connectivity index (χ0n) is 8.62. The second kappa shape index (κ2) is 4.44. The van der Waals surface area contributed by atoms with Gasteiger partial charge in [-0.25, -0.2) is 0 Å². The van der Waals surface area contributed by atoms with Gasteiger partial charge in [-0.2, -0.15) is 4.98 Å². The molecule has 0 bridgehead atoms. The lowest BCUT2D eigenvalue weighted by molar-refractivity contribution is 0.365. The van der Waals surface area contributed by atoms with Crippen molar-refractivity contribution in [1.82, 2.24) is 10.1 Å². The molecule has 0 aliphatic heterocycles. The molecule has 0 aromatic carbocycles. The highest BCUT2D eigenvalue weighted by atomic mass is 16.5. The van der Waals surface area contributed by atoms with Crippen molar-refractivity contribution in [2.24, 2.45) is 5.92 Å². The average molecular weight is 195 g/mol. The van der Waals surface area contributed by atoms with Crippen LogP contribution in [0.2, 0.25) is 0 Å². The van der Waals surface area contributed by atoms with E-state index >= 15 is 0 Å². The van der Waals surface area contributed by atoms with Crippen LogP contribution in [0.4, 0.5) is 6.01 Å². The first-order valence-electron chi connectivity index (χ1n) is 5.39. The molecule has 0 unspecified atom stereocenters. The standard InChI is InChI=1S/C10H17N3O/c1-8-12-10(14-13-8)11-7-9-5-3-2-4-6-9/h9H,2-7H2,1H3,(H,11,12,13). The minimum Gasteiger partial charge on any atom is -0.337 e. The lowest BCUT2D eigenvalue weighted by atomic mass is 9.89. The maximum atomic E-state index is 4.98. The number of aromatic nitrogens is 2. The van der Waals surface area contributed by atoms with Crippen LogP contribution in [0.15, 0.2) is 4.52 Å². The molecule has 4 heteroatoms. The van der Waals surface area contributed by atoms with Crippen LogP contribution in [-0.2, 0) is 0 Å². The molecular formula is C10H17N3O. The van der Waals surface area contributed by atoms with E-state index in [0.29, 0.717) is 11.8 Å². The van der Waals surface area contributed by atoms with Gasteiger partial charge in [0.2, 0.25) is 0 Å². The number of rotatable bonds is 3. The van der Waals surface area contributed by atoms with E-state index in [1.54, 1.807) is 0 Å². The van der Waals surface area contributed by atoms with E-state index in [2.05, 4.69) is 15.5 Å². The van der Waals surface area contributed by atoms with Crippen molar-refractivity contribution in [1.29, 1.82) is 0 Å². The molecular weight excluding hydrogens is 178 g/mol. The molecule has 0 radical (unpaired) electrons. The van der Waals surface area contributed by atoms with Gasteiger partial charge in [0.05, 0.1) is 0 Å². The fraction of sp³-hybridized carbons (Fsp3) is 0.800. The van der Waals surface area contributed by atoms with Crippen LogP contribution in [0.25, 0.3) is 0 Å². The van der Waals surface area contributed by atoms with E-state index in [1.165, 1.54) is 32.1 Å². The van der Waals surface area contributed by atoms with Crippen molar-refractivity contribution in [3.05, 3.63) is 5.82 Å². The summed E-state index contributed by atoms with van der Waals surface area (Å²) in [5.41, 5.74) is 0. The van der Waals surface area contributed by atoms with E-state index in [1.807, 2.05) is 6.92 Å². The molecule has 0 saturated heterocycles. The molecule has 1 heterocycles. The summed E-state index contributed by atoms with van der Waals surface area (Å²) < 4.78 is 4.98. The number of hydrogen-bond donors (Lipinski definition) is 1. The van der Waals surface area contributed by atoms with Gasteiger partial charge in [-0.3, -0.25) is 0 Å².